The van der Waals surface area contributed by atoms with Gasteiger partial charge in [0.15, 0.2) is 0 Å². The summed E-state index contributed by atoms with van der Waals surface area (Å²) in [5.74, 6) is 0. The standard InChI is InChI=1S/C21H18N2O/c1-13-7-6-10-17(14(13)2)20-21(24)23(3)19-12-16-9-5-4-8-15(16)11-18(19)22-20/h4-12H,1-3H3. The number of hydrogen-bond donors (Lipinski definition) is 0. The largest absolute Gasteiger partial charge is 0.308 e. The molecule has 4 aromatic rings. The van der Waals surface area contributed by atoms with E-state index in [-0.39, 0.29) is 5.56 Å². The molecule has 0 radical (unpaired) electrons. The van der Waals surface area contributed by atoms with Crippen LogP contribution in [0.1, 0.15) is 11.1 Å². The summed E-state index contributed by atoms with van der Waals surface area (Å²) in [5.41, 5.74) is 5.32. The van der Waals surface area contributed by atoms with Gasteiger partial charge in [-0.25, -0.2) is 4.98 Å². The normalized spacial score (nSPS) is 11.3. The van der Waals surface area contributed by atoms with Gasteiger partial charge in [0.05, 0.1) is 11.0 Å². The van der Waals surface area contributed by atoms with Crippen LogP contribution < -0.4 is 5.56 Å². The number of benzene rings is 3. The van der Waals surface area contributed by atoms with Crippen molar-refractivity contribution in [3.05, 3.63) is 76.1 Å². The molecule has 24 heavy (non-hydrogen) atoms. The van der Waals surface area contributed by atoms with E-state index in [1.807, 2.05) is 44.3 Å². The fourth-order valence-electron chi connectivity index (χ4n) is 3.19. The third-order valence-corrected chi connectivity index (χ3v) is 4.80. The van der Waals surface area contributed by atoms with E-state index < -0.39 is 0 Å². The Labute approximate surface area is 140 Å². The maximum Gasteiger partial charge on any atom is 0.277 e. The Hall–Kier alpha value is -2.94. The second kappa shape index (κ2) is 5.31. The first-order valence-corrected chi connectivity index (χ1v) is 8.02. The van der Waals surface area contributed by atoms with Gasteiger partial charge in [-0.1, -0.05) is 42.5 Å². The molecule has 1 aromatic heterocycles. The first-order chi connectivity index (χ1) is 11.6. The SMILES string of the molecule is Cc1cccc(-c2nc3cc4ccccc4cc3n(C)c2=O)c1C. The molecule has 1 heterocycles. The number of aryl methyl sites for hydroxylation is 2. The number of hydrogen-bond acceptors (Lipinski definition) is 2. The minimum Gasteiger partial charge on any atom is -0.308 e. The summed E-state index contributed by atoms with van der Waals surface area (Å²) in [7, 11) is 1.82. The Morgan fingerprint density at radius 3 is 2.38 bits per heavy atom. The van der Waals surface area contributed by atoms with Crippen LogP contribution in [0.15, 0.2) is 59.4 Å². The molecule has 0 aliphatic carbocycles. The predicted octanol–water partition coefficient (Wildman–Crippen LogP) is 4.37. The maximum absolute atomic E-state index is 12.9. The third-order valence-electron chi connectivity index (χ3n) is 4.80. The van der Waals surface area contributed by atoms with Gasteiger partial charge in [-0.05, 0) is 47.9 Å². The smallest absolute Gasteiger partial charge is 0.277 e. The molecule has 3 nitrogen and oxygen atoms in total. The average molecular weight is 314 g/mol. The monoisotopic (exact) mass is 314 g/mol. The molecule has 118 valence electrons. The summed E-state index contributed by atoms with van der Waals surface area (Å²) in [4.78, 5) is 17.6. The zero-order valence-corrected chi connectivity index (χ0v) is 14.0. The van der Waals surface area contributed by atoms with Gasteiger partial charge in [0.2, 0.25) is 0 Å². The van der Waals surface area contributed by atoms with Crippen LogP contribution in [0.2, 0.25) is 0 Å². The van der Waals surface area contributed by atoms with Crippen molar-refractivity contribution >= 4 is 21.8 Å². The predicted molar refractivity (Wildman–Crippen MR) is 99.4 cm³/mol. The summed E-state index contributed by atoms with van der Waals surface area (Å²) in [5, 5.41) is 2.24. The van der Waals surface area contributed by atoms with Gasteiger partial charge in [0.1, 0.15) is 5.69 Å². The minimum atomic E-state index is -0.0634. The van der Waals surface area contributed by atoms with E-state index in [0.29, 0.717) is 5.69 Å². The summed E-state index contributed by atoms with van der Waals surface area (Å²) >= 11 is 0. The number of aromatic nitrogens is 2. The first kappa shape index (κ1) is 14.6. The fourth-order valence-corrected chi connectivity index (χ4v) is 3.19. The number of nitrogens with zero attached hydrogens (tertiary/aromatic N) is 2. The van der Waals surface area contributed by atoms with Crippen molar-refractivity contribution in [3.8, 4) is 11.3 Å². The van der Waals surface area contributed by atoms with Crippen molar-refractivity contribution in [1.29, 1.82) is 0 Å². The van der Waals surface area contributed by atoms with Crippen molar-refractivity contribution in [2.24, 2.45) is 7.05 Å². The molecular weight excluding hydrogens is 296 g/mol. The van der Waals surface area contributed by atoms with Crippen molar-refractivity contribution in [2.75, 3.05) is 0 Å². The van der Waals surface area contributed by atoms with E-state index in [4.69, 9.17) is 4.98 Å². The number of fused-ring (bicyclic) bond motifs is 2. The van der Waals surface area contributed by atoms with E-state index >= 15 is 0 Å². The molecule has 3 aromatic carbocycles. The molecule has 0 unspecified atom stereocenters. The van der Waals surface area contributed by atoms with Crippen molar-refractivity contribution in [2.45, 2.75) is 13.8 Å². The van der Waals surface area contributed by atoms with E-state index in [0.717, 1.165) is 38.5 Å². The lowest BCUT2D eigenvalue weighted by molar-refractivity contribution is 0.896. The fraction of sp³-hybridized carbons (Fsp3) is 0.143. The summed E-state index contributed by atoms with van der Waals surface area (Å²) in [6, 6.07) is 18.2. The zero-order chi connectivity index (χ0) is 16.8. The van der Waals surface area contributed by atoms with Gasteiger partial charge in [-0.3, -0.25) is 4.79 Å². The molecule has 0 bridgehead atoms. The van der Waals surface area contributed by atoms with Crippen molar-refractivity contribution < 1.29 is 0 Å². The lowest BCUT2D eigenvalue weighted by Crippen LogP contribution is -2.21. The van der Waals surface area contributed by atoms with Gasteiger partial charge in [0, 0.05) is 12.6 Å². The number of rotatable bonds is 1. The van der Waals surface area contributed by atoms with Crippen LogP contribution in [-0.4, -0.2) is 9.55 Å². The first-order valence-electron chi connectivity index (χ1n) is 8.02. The maximum atomic E-state index is 12.9. The molecule has 0 saturated heterocycles. The summed E-state index contributed by atoms with van der Waals surface area (Å²) in [6.45, 7) is 4.09. The second-order valence-corrected chi connectivity index (χ2v) is 6.26. The quantitative estimate of drug-likeness (QED) is 0.489. The van der Waals surface area contributed by atoms with Crippen LogP contribution >= 0.6 is 0 Å². The molecule has 0 atom stereocenters. The van der Waals surface area contributed by atoms with Crippen LogP contribution in [-0.2, 0) is 7.05 Å². The molecule has 0 amide bonds. The molecule has 0 aliphatic heterocycles. The van der Waals surface area contributed by atoms with Crippen LogP contribution in [0.3, 0.4) is 0 Å². The Morgan fingerprint density at radius 2 is 1.62 bits per heavy atom. The highest BCUT2D eigenvalue weighted by Crippen LogP contribution is 2.25. The van der Waals surface area contributed by atoms with Gasteiger partial charge in [-0.15, -0.1) is 0 Å². The molecular formula is C21H18N2O. The lowest BCUT2D eigenvalue weighted by Gasteiger charge is -2.12. The Bertz CT molecular complexity index is 1160. The van der Waals surface area contributed by atoms with E-state index in [1.54, 1.807) is 4.57 Å². The topological polar surface area (TPSA) is 34.9 Å². The molecule has 4 rings (SSSR count). The minimum absolute atomic E-state index is 0.0634. The second-order valence-electron chi connectivity index (χ2n) is 6.26. The van der Waals surface area contributed by atoms with Crippen molar-refractivity contribution in [1.82, 2.24) is 9.55 Å². The highest BCUT2D eigenvalue weighted by atomic mass is 16.1. The average Bonchev–Trinajstić information content (AvgIpc) is 2.59. The zero-order valence-electron chi connectivity index (χ0n) is 14.0. The van der Waals surface area contributed by atoms with Gasteiger partial charge < -0.3 is 4.57 Å². The molecule has 0 saturated carbocycles. The van der Waals surface area contributed by atoms with Gasteiger partial charge in [-0.2, -0.15) is 0 Å². The third kappa shape index (κ3) is 2.13. The van der Waals surface area contributed by atoms with Crippen molar-refractivity contribution in [3.63, 3.8) is 0 Å². The Morgan fingerprint density at radius 1 is 0.917 bits per heavy atom. The lowest BCUT2D eigenvalue weighted by atomic mass is 10.0. The van der Waals surface area contributed by atoms with E-state index in [1.165, 1.54) is 0 Å². The van der Waals surface area contributed by atoms with Crippen LogP contribution in [0.4, 0.5) is 0 Å². The molecule has 0 aliphatic rings. The van der Waals surface area contributed by atoms with Crippen LogP contribution in [0.5, 0.6) is 0 Å². The summed E-state index contributed by atoms with van der Waals surface area (Å²) < 4.78 is 1.70. The molecule has 0 fully saturated rings. The molecule has 0 N–H and O–H groups in total. The molecule has 3 heteroatoms. The Kier molecular flexibility index (Phi) is 3.24. The van der Waals surface area contributed by atoms with E-state index in [9.17, 15) is 4.79 Å². The van der Waals surface area contributed by atoms with Crippen LogP contribution in [0, 0.1) is 13.8 Å². The highest BCUT2D eigenvalue weighted by Gasteiger charge is 2.14. The van der Waals surface area contributed by atoms with E-state index in [2.05, 4.69) is 31.2 Å². The Balaban J connectivity index is 2.11. The summed E-state index contributed by atoms with van der Waals surface area (Å²) in [6.07, 6.45) is 0. The molecule has 0 spiro atoms. The van der Waals surface area contributed by atoms with Gasteiger partial charge in [0.25, 0.3) is 5.56 Å². The van der Waals surface area contributed by atoms with Crippen LogP contribution in [0.25, 0.3) is 33.1 Å². The van der Waals surface area contributed by atoms with Gasteiger partial charge >= 0.3 is 0 Å². The highest BCUT2D eigenvalue weighted by molar-refractivity contribution is 5.95.